The summed E-state index contributed by atoms with van der Waals surface area (Å²) in [5.74, 6) is 0.0733. The molecule has 2 aromatic rings. The topological polar surface area (TPSA) is 65.5 Å². The van der Waals surface area contributed by atoms with Gasteiger partial charge in [0.2, 0.25) is 0 Å². The van der Waals surface area contributed by atoms with Gasteiger partial charge in [-0.3, -0.25) is 9.78 Å². The van der Waals surface area contributed by atoms with Crippen molar-refractivity contribution in [1.29, 1.82) is 0 Å². The van der Waals surface area contributed by atoms with Gasteiger partial charge < -0.3 is 15.3 Å². The van der Waals surface area contributed by atoms with Crippen LogP contribution >= 0.6 is 0 Å². The SMILES string of the molecule is CC(C)CCN(CCc1cccc(F)c1)CC(O)CNC(=O)c1cccnc1. The lowest BCUT2D eigenvalue weighted by molar-refractivity contribution is 0.0854. The molecule has 152 valence electrons. The van der Waals surface area contributed by atoms with Crippen LogP contribution < -0.4 is 5.32 Å². The molecule has 0 radical (unpaired) electrons. The predicted octanol–water partition coefficient (Wildman–Crippen LogP) is 2.90. The zero-order valence-corrected chi connectivity index (χ0v) is 16.6. The number of aromatic nitrogens is 1. The van der Waals surface area contributed by atoms with Crippen LogP contribution in [0.1, 0.15) is 36.2 Å². The van der Waals surface area contributed by atoms with Crippen molar-refractivity contribution in [1.82, 2.24) is 15.2 Å². The first-order chi connectivity index (χ1) is 13.4. The molecule has 0 saturated heterocycles. The number of benzene rings is 1. The van der Waals surface area contributed by atoms with E-state index < -0.39 is 6.10 Å². The molecule has 1 unspecified atom stereocenters. The number of carbonyl (C=O) groups is 1. The Kier molecular flexibility index (Phi) is 9.04. The van der Waals surface area contributed by atoms with Crippen molar-refractivity contribution in [2.45, 2.75) is 32.8 Å². The van der Waals surface area contributed by atoms with Gasteiger partial charge in [-0.05, 0) is 55.1 Å². The molecule has 28 heavy (non-hydrogen) atoms. The van der Waals surface area contributed by atoms with Crippen LogP contribution in [0.15, 0.2) is 48.8 Å². The first kappa shape index (κ1) is 22.0. The third-order valence-electron chi connectivity index (χ3n) is 4.52. The Morgan fingerprint density at radius 2 is 2.07 bits per heavy atom. The number of amides is 1. The number of halogens is 1. The van der Waals surface area contributed by atoms with E-state index in [9.17, 15) is 14.3 Å². The molecule has 1 aromatic heterocycles. The van der Waals surface area contributed by atoms with Crippen LogP contribution in [-0.2, 0) is 6.42 Å². The van der Waals surface area contributed by atoms with Crippen LogP contribution in [0, 0.1) is 11.7 Å². The average molecular weight is 387 g/mol. The first-order valence-corrected chi connectivity index (χ1v) is 9.77. The number of hydrogen-bond acceptors (Lipinski definition) is 4. The molecule has 0 fully saturated rings. The second kappa shape index (κ2) is 11.5. The van der Waals surface area contributed by atoms with Crippen molar-refractivity contribution in [2.24, 2.45) is 5.92 Å². The molecule has 0 saturated carbocycles. The minimum Gasteiger partial charge on any atom is -0.390 e. The van der Waals surface area contributed by atoms with Gasteiger partial charge in [-0.15, -0.1) is 0 Å². The molecule has 1 heterocycles. The van der Waals surface area contributed by atoms with Crippen LogP contribution in [0.3, 0.4) is 0 Å². The highest BCUT2D eigenvalue weighted by Gasteiger charge is 2.14. The number of nitrogens with one attached hydrogen (secondary N) is 1. The van der Waals surface area contributed by atoms with Crippen LogP contribution in [0.25, 0.3) is 0 Å². The maximum Gasteiger partial charge on any atom is 0.252 e. The molecule has 1 atom stereocenters. The smallest absolute Gasteiger partial charge is 0.252 e. The number of carbonyl (C=O) groups excluding carboxylic acids is 1. The number of aliphatic hydroxyl groups is 1. The number of aliphatic hydroxyl groups excluding tert-OH is 1. The zero-order chi connectivity index (χ0) is 20.4. The van der Waals surface area contributed by atoms with Gasteiger partial charge in [0, 0.05) is 32.0 Å². The second-order valence-corrected chi connectivity index (χ2v) is 7.47. The van der Waals surface area contributed by atoms with Crippen molar-refractivity contribution < 1.29 is 14.3 Å². The third-order valence-corrected chi connectivity index (χ3v) is 4.52. The molecule has 0 aliphatic rings. The standard InChI is InChI=1S/C22H30FN3O2/c1-17(2)8-11-26(12-9-18-5-3-7-20(23)13-18)16-21(27)15-25-22(28)19-6-4-10-24-14-19/h3-7,10,13-14,17,21,27H,8-9,11-12,15-16H2,1-2H3,(H,25,28). The summed E-state index contributed by atoms with van der Waals surface area (Å²) in [6.45, 7) is 6.52. The normalized spacial score (nSPS) is 12.4. The van der Waals surface area contributed by atoms with Crippen molar-refractivity contribution in [3.63, 3.8) is 0 Å². The number of pyridine rings is 1. The molecular formula is C22H30FN3O2. The van der Waals surface area contributed by atoms with Crippen LogP contribution in [0.2, 0.25) is 0 Å². The van der Waals surface area contributed by atoms with E-state index in [1.165, 1.54) is 12.3 Å². The third kappa shape index (κ3) is 8.15. The van der Waals surface area contributed by atoms with Crippen molar-refractivity contribution in [3.8, 4) is 0 Å². The van der Waals surface area contributed by atoms with E-state index in [0.29, 0.717) is 24.4 Å². The minimum atomic E-state index is -0.680. The number of hydrogen-bond donors (Lipinski definition) is 2. The van der Waals surface area contributed by atoms with E-state index in [1.807, 2.05) is 6.07 Å². The highest BCUT2D eigenvalue weighted by atomic mass is 19.1. The van der Waals surface area contributed by atoms with Gasteiger partial charge in [-0.2, -0.15) is 0 Å². The molecule has 0 aliphatic carbocycles. The van der Waals surface area contributed by atoms with Gasteiger partial charge in [-0.1, -0.05) is 26.0 Å². The van der Waals surface area contributed by atoms with Crippen molar-refractivity contribution in [3.05, 3.63) is 65.7 Å². The fourth-order valence-corrected chi connectivity index (χ4v) is 2.89. The summed E-state index contributed by atoms with van der Waals surface area (Å²) >= 11 is 0. The molecule has 2 N–H and O–H groups in total. The van der Waals surface area contributed by atoms with E-state index in [0.717, 1.165) is 25.1 Å². The van der Waals surface area contributed by atoms with E-state index >= 15 is 0 Å². The van der Waals surface area contributed by atoms with Gasteiger partial charge in [-0.25, -0.2) is 4.39 Å². The molecule has 0 spiro atoms. The first-order valence-electron chi connectivity index (χ1n) is 9.77. The second-order valence-electron chi connectivity index (χ2n) is 7.47. The summed E-state index contributed by atoms with van der Waals surface area (Å²) in [4.78, 5) is 18.2. The number of nitrogens with zero attached hydrogens (tertiary/aromatic N) is 2. The maximum atomic E-state index is 13.4. The monoisotopic (exact) mass is 387 g/mol. The Hall–Kier alpha value is -2.31. The Bertz CT molecular complexity index is 725. The fraction of sp³-hybridized carbons (Fsp3) is 0.455. The highest BCUT2D eigenvalue weighted by Crippen LogP contribution is 2.08. The van der Waals surface area contributed by atoms with E-state index in [4.69, 9.17) is 0 Å². The molecule has 1 aromatic carbocycles. The van der Waals surface area contributed by atoms with Gasteiger partial charge in [0.25, 0.3) is 5.91 Å². The molecule has 5 nitrogen and oxygen atoms in total. The lowest BCUT2D eigenvalue weighted by Gasteiger charge is -2.26. The number of rotatable bonds is 11. The van der Waals surface area contributed by atoms with Crippen molar-refractivity contribution >= 4 is 5.91 Å². The summed E-state index contributed by atoms with van der Waals surface area (Å²) in [6, 6.07) is 9.99. The maximum absolute atomic E-state index is 13.4. The van der Waals surface area contributed by atoms with Gasteiger partial charge >= 0.3 is 0 Å². The Morgan fingerprint density at radius 1 is 1.25 bits per heavy atom. The Morgan fingerprint density at radius 3 is 2.75 bits per heavy atom. The quantitative estimate of drug-likeness (QED) is 0.622. The van der Waals surface area contributed by atoms with Gasteiger partial charge in [0.15, 0.2) is 0 Å². The zero-order valence-electron chi connectivity index (χ0n) is 16.6. The van der Waals surface area contributed by atoms with E-state index in [2.05, 4.69) is 29.0 Å². The molecule has 6 heteroatoms. The Balaban J connectivity index is 1.84. The summed E-state index contributed by atoms with van der Waals surface area (Å²) in [7, 11) is 0. The minimum absolute atomic E-state index is 0.172. The fourth-order valence-electron chi connectivity index (χ4n) is 2.89. The van der Waals surface area contributed by atoms with Crippen LogP contribution in [0.5, 0.6) is 0 Å². The highest BCUT2D eigenvalue weighted by molar-refractivity contribution is 5.93. The summed E-state index contributed by atoms with van der Waals surface area (Å²) < 4.78 is 13.4. The molecule has 0 aliphatic heterocycles. The predicted molar refractivity (Wildman–Crippen MR) is 109 cm³/mol. The van der Waals surface area contributed by atoms with Crippen LogP contribution in [0.4, 0.5) is 4.39 Å². The van der Waals surface area contributed by atoms with E-state index in [1.54, 1.807) is 30.5 Å². The summed E-state index contributed by atoms with van der Waals surface area (Å²) in [5.41, 5.74) is 1.41. The molecule has 1 amide bonds. The average Bonchev–Trinajstić information content (AvgIpc) is 2.68. The molecule has 2 rings (SSSR count). The van der Waals surface area contributed by atoms with Gasteiger partial charge in [0.1, 0.15) is 5.82 Å². The molecular weight excluding hydrogens is 357 g/mol. The lowest BCUT2D eigenvalue weighted by atomic mass is 10.1. The summed E-state index contributed by atoms with van der Waals surface area (Å²) in [6.07, 6.45) is 4.15. The lowest BCUT2D eigenvalue weighted by Crippen LogP contribution is -2.41. The van der Waals surface area contributed by atoms with Crippen molar-refractivity contribution in [2.75, 3.05) is 26.2 Å². The molecule has 0 bridgehead atoms. The Labute approximate surface area is 166 Å². The largest absolute Gasteiger partial charge is 0.390 e. The summed E-state index contributed by atoms with van der Waals surface area (Å²) in [5, 5.41) is 13.1. The van der Waals surface area contributed by atoms with Crippen LogP contribution in [-0.4, -0.2) is 53.2 Å². The van der Waals surface area contributed by atoms with Gasteiger partial charge in [0.05, 0.1) is 11.7 Å². The van der Waals surface area contributed by atoms with E-state index in [-0.39, 0.29) is 18.3 Å².